The largest absolute Gasteiger partial charge is 0.391 e. The van der Waals surface area contributed by atoms with E-state index in [2.05, 4.69) is 16.7 Å². The third kappa shape index (κ3) is 4.37. The molecular formula is C26H29ClF3N3O3. The van der Waals surface area contributed by atoms with Gasteiger partial charge in [-0.2, -0.15) is 5.26 Å². The molecule has 10 heteroatoms. The van der Waals surface area contributed by atoms with Gasteiger partial charge in [0.05, 0.1) is 29.3 Å². The number of nitriles is 1. The SMILES string of the molecule is N#CC1CC(C(=O)N[C@H]2C[C@H](C(=O)N[C@H](c3c(F)ccc(Cl)c3F)C34CCC(F)(CC3)C4)C[C@H]2O)C1. The molecule has 4 saturated carbocycles. The Kier molecular flexibility index (Phi) is 6.49. The van der Waals surface area contributed by atoms with E-state index in [1.807, 2.05) is 0 Å². The summed E-state index contributed by atoms with van der Waals surface area (Å²) in [5, 5.41) is 24.7. The minimum absolute atomic E-state index is 0.0789. The zero-order valence-electron chi connectivity index (χ0n) is 19.7. The van der Waals surface area contributed by atoms with E-state index >= 15 is 8.78 Å². The molecule has 0 radical (unpaired) electrons. The van der Waals surface area contributed by atoms with Crippen LogP contribution in [0.25, 0.3) is 0 Å². The van der Waals surface area contributed by atoms with Crippen molar-refractivity contribution in [2.45, 2.75) is 81.6 Å². The molecular weight excluding hydrogens is 495 g/mol. The lowest BCUT2D eigenvalue weighted by Crippen LogP contribution is -2.46. The Balaban J connectivity index is 1.32. The van der Waals surface area contributed by atoms with Crippen LogP contribution in [0.1, 0.15) is 69.4 Å². The van der Waals surface area contributed by atoms with E-state index in [9.17, 15) is 19.1 Å². The van der Waals surface area contributed by atoms with Crippen LogP contribution in [0.5, 0.6) is 0 Å². The fourth-order valence-corrected chi connectivity index (χ4v) is 6.96. The van der Waals surface area contributed by atoms with Gasteiger partial charge in [-0.1, -0.05) is 11.6 Å². The summed E-state index contributed by atoms with van der Waals surface area (Å²) in [6.07, 6.45) is 1.67. The zero-order chi connectivity index (χ0) is 25.8. The Hall–Kier alpha value is -2.31. The number of hydrogen-bond donors (Lipinski definition) is 3. The Morgan fingerprint density at radius 3 is 2.36 bits per heavy atom. The van der Waals surface area contributed by atoms with Crippen molar-refractivity contribution >= 4 is 23.4 Å². The number of aliphatic hydroxyl groups excluding tert-OH is 1. The van der Waals surface area contributed by atoms with Crippen LogP contribution < -0.4 is 10.6 Å². The lowest BCUT2D eigenvalue weighted by atomic mass is 9.74. The summed E-state index contributed by atoms with van der Waals surface area (Å²) in [7, 11) is 0. The van der Waals surface area contributed by atoms with Gasteiger partial charge in [0.15, 0.2) is 0 Å². The summed E-state index contributed by atoms with van der Waals surface area (Å²) >= 11 is 5.95. The first-order valence-corrected chi connectivity index (χ1v) is 12.9. The molecule has 6 nitrogen and oxygen atoms in total. The van der Waals surface area contributed by atoms with Crippen LogP contribution in [0.15, 0.2) is 12.1 Å². The van der Waals surface area contributed by atoms with Crippen molar-refractivity contribution in [1.82, 2.24) is 10.6 Å². The molecule has 0 aliphatic heterocycles. The van der Waals surface area contributed by atoms with Gasteiger partial charge in [0, 0.05) is 23.3 Å². The first-order chi connectivity index (χ1) is 17.0. The van der Waals surface area contributed by atoms with Gasteiger partial charge < -0.3 is 15.7 Å². The van der Waals surface area contributed by atoms with Crippen molar-refractivity contribution in [3.05, 3.63) is 34.4 Å². The van der Waals surface area contributed by atoms with Crippen molar-refractivity contribution in [1.29, 1.82) is 5.26 Å². The summed E-state index contributed by atoms with van der Waals surface area (Å²) in [4.78, 5) is 25.8. The fraction of sp³-hybridized carbons (Fsp3) is 0.654. The molecule has 1 aromatic rings. The number of carbonyl (C=O) groups is 2. The van der Waals surface area contributed by atoms with Crippen LogP contribution in [-0.2, 0) is 9.59 Å². The number of fused-ring (bicyclic) bond motifs is 2. The van der Waals surface area contributed by atoms with Gasteiger partial charge in [-0.05, 0) is 75.3 Å². The molecule has 4 fully saturated rings. The topological polar surface area (TPSA) is 102 Å². The highest BCUT2D eigenvalue weighted by molar-refractivity contribution is 6.30. The van der Waals surface area contributed by atoms with Crippen molar-refractivity contribution < 1.29 is 27.9 Å². The van der Waals surface area contributed by atoms with Gasteiger partial charge >= 0.3 is 0 Å². The van der Waals surface area contributed by atoms with Crippen LogP contribution in [-0.4, -0.2) is 34.7 Å². The van der Waals surface area contributed by atoms with E-state index in [4.69, 9.17) is 16.9 Å². The second-order valence-electron chi connectivity index (χ2n) is 11.2. The highest BCUT2D eigenvalue weighted by Crippen LogP contribution is 2.63. The number of amides is 2. The minimum atomic E-state index is -1.40. The van der Waals surface area contributed by atoms with Gasteiger partial charge in [0.2, 0.25) is 11.8 Å². The first-order valence-electron chi connectivity index (χ1n) is 12.5. The molecule has 0 spiro atoms. The number of nitrogens with zero attached hydrogens (tertiary/aromatic N) is 1. The number of nitrogens with one attached hydrogen (secondary N) is 2. The Morgan fingerprint density at radius 1 is 1.08 bits per heavy atom. The molecule has 2 bridgehead atoms. The number of alkyl halides is 1. The smallest absolute Gasteiger partial charge is 0.223 e. The summed E-state index contributed by atoms with van der Waals surface area (Å²) in [5.74, 6) is -3.67. The Labute approximate surface area is 212 Å². The second kappa shape index (κ2) is 9.21. The van der Waals surface area contributed by atoms with E-state index in [0.717, 1.165) is 12.1 Å². The molecule has 4 aliphatic carbocycles. The third-order valence-corrected chi connectivity index (χ3v) is 9.29. The maximum Gasteiger partial charge on any atom is 0.223 e. The van der Waals surface area contributed by atoms with E-state index in [-0.39, 0.29) is 60.4 Å². The number of aliphatic hydroxyl groups is 1. The highest BCUT2D eigenvalue weighted by Gasteiger charge is 2.59. The predicted octanol–water partition coefficient (Wildman–Crippen LogP) is 4.25. The van der Waals surface area contributed by atoms with Crippen LogP contribution in [0, 0.1) is 46.1 Å². The maximum absolute atomic E-state index is 15.1. The average Bonchev–Trinajstić information content (AvgIpc) is 3.46. The molecule has 1 aromatic carbocycles. The third-order valence-electron chi connectivity index (χ3n) is 9.00. The summed E-state index contributed by atoms with van der Waals surface area (Å²) in [6.45, 7) is 0. The van der Waals surface area contributed by atoms with E-state index in [0.29, 0.717) is 25.7 Å². The quantitative estimate of drug-likeness (QED) is 0.485. The molecule has 5 rings (SSSR count). The predicted molar refractivity (Wildman–Crippen MR) is 124 cm³/mol. The lowest BCUT2D eigenvalue weighted by Gasteiger charge is -2.37. The molecule has 0 heterocycles. The van der Waals surface area contributed by atoms with Gasteiger partial charge in [-0.3, -0.25) is 9.59 Å². The van der Waals surface area contributed by atoms with Crippen molar-refractivity contribution in [2.24, 2.45) is 23.2 Å². The molecule has 0 saturated heterocycles. The average molecular weight is 524 g/mol. The van der Waals surface area contributed by atoms with Crippen LogP contribution in [0.2, 0.25) is 5.02 Å². The zero-order valence-corrected chi connectivity index (χ0v) is 20.5. The number of hydrogen-bond acceptors (Lipinski definition) is 4. The van der Waals surface area contributed by atoms with Crippen molar-refractivity contribution in [2.75, 3.05) is 0 Å². The maximum atomic E-state index is 15.1. The van der Waals surface area contributed by atoms with Crippen LogP contribution in [0.4, 0.5) is 13.2 Å². The standard InChI is InChI=1S/C26H29ClF3N3O3/c27-16-1-2-17(28)20(21(16)29)22(25-3-5-26(30,12-25)6-4-25)33-24(36)15-9-18(19(34)10-15)32-23(35)14-7-13(8-14)11-31/h1-2,13-15,18-19,22,34H,3-10,12H2,(H,32,35)(H,33,36)/t13?,14?,15-,18-,19+,22+,25?,26?/m0/s1. The monoisotopic (exact) mass is 523 g/mol. The van der Waals surface area contributed by atoms with E-state index < -0.39 is 52.7 Å². The molecule has 4 aliphatic rings. The Morgan fingerprint density at radius 2 is 1.75 bits per heavy atom. The van der Waals surface area contributed by atoms with Gasteiger partial charge in [0.1, 0.15) is 17.3 Å². The summed E-state index contributed by atoms with van der Waals surface area (Å²) in [6, 6.07) is 2.54. The molecule has 0 unspecified atom stereocenters. The number of rotatable bonds is 6. The normalized spacial score (nSPS) is 37.7. The fourth-order valence-electron chi connectivity index (χ4n) is 6.79. The second-order valence-corrected chi connectivity index (χ2v) is 11.6. The molecule has 3 N–H and O–H groups in total. The van der Waals surface area contributed by atoms with Gasteiger partial charge in [0.25, 0.3) is 0 Å². The summed E-state index contributed by atoms with van der Waals surface area (Å²) in [5.41, 5.74) is -2.59. The lowest BCUT2D eigenvalue weighted by molar-refractivity contribution is -0.130. The number of halogens is 4. The number of benzene rings is 1. The summed E-state index contributed by atoms with van der Waals surface area (Å²) < 4.78 is 45.2. The molecule has 0 aromatic heterocycles. The van der Waals surface area contributed by atoms with E-state index in [1.54, 1.807) is 0 Å². The molecule has 36 heavy (non-hydrogen) atoms. The first kappa shape index (κ1) is 25.3. The van der Waals surface area contributed by atoms with Gasteiger partial charge in [-0.15, -0.1) is 0 Å². The van der Waals surface area contributed by atoms with Crippen LogP contribution in [0.3, 0.4) is 0 Å². The van der Waals surface area contributed by atoms with Gasteiger partial charge in [-0.25, -0.2) is 13.2 Å². The van der Waals surface area contributed by atoms with Crippen molar-refractivity contribution in [3.63, 3.8) is 0 Å². The number of carbonyl (C=O) groups excluding carboxylic acids is 2. The molecule has 2 amide bonds. The Bertz CT molecular complexity index is 1110. The molecule has 4 atom stereocenters. The van der Waals surface area contributed by atoms with E-state index in [1.165, 1.54) is 0 Å². The highest BCUT2D eigenvalue weighted by atomic mass is 35.5. The minimum Gasteiger partial charge on any atom is -0.391 e. The molecule has 194 valence electrons. The van der Waals surface area contributed by atoms with Crippen molar-refractivity contribution in [3.8, 4) is 6.07 Å². The van der Waals surface area contributed by atoms with Crippen LogP contribution >= 0.6 is 11.6 Å².